The van der Waals surface area contributed by atoms with Crippen molar-refractivity contribution in [3.05, 3.63) is 0 Å². The SMILES string of the molecule is CC.CCC(Br)CCCC(C)C. The molecule has 0 aromatic carbocycles. The molecule has 0 saturated heterocycles. The zero-order valence-electron chi connectivity index (χ0n) is 9.36. The van der Waals surface area contributed by atoms with Crippen molar-refractivity contribution >= 4 is 15.9 Å². The number of hydrogen-bond donors (Lipinski definition) is 0. The van der Waals surface area contributed by atoms with E-state index >= 15 is 0 Å². The van der Waals surface area contributed by atoms with Crippen LogP contribution in [0, 0.1) is 5.92 Å². The maximum atomic E-state index is 3.63. The van der Waals surface area contributed by atoms with Crippen LogP contribution in [0.2, 0.25) is 0 Å². The molecule has 1 unspecified atom stereocenters. The second-order valence-electron chi connectivity index (χ2n) is 3.33. The molecule has 0 aromatic heterocycles. The Kier molecular flexibility index (Phi) is 14.3. The van der Waals surface area contributed by atoms with E-state index in [0.717, 1.165) is 10.7 Å². The molecule has 0 aliphatic rings. The van der Waals surface area contributed by atoms with Gasteiger partial charge in [-0.2, -0.15) is 0 Å². The molecule has 12 heavy (non-hydrogen) atoms. The van der Waals surface area contributed by atoms with Crippen molar-refractivity contribution in [3.63, 3.8) is 0 Å². The summed E-state index contributed by atoms with van der Waals surface area (Å²) in [6, 6.07) is 0. The third kappa shape index (κ3) is 13.1. The molecule has 76 valence electrons. The minimum Gasteiger partial charge on any atom is -0.0891 e. The summed E-state index contributed by atoms with van der Waals surface area (Å²) in [5.74, 6) is 0.872. The van der Waals surface area contributed by atoms with Gasteiger partial charge < -0.3 is 0 Å². The summed E-state index contributed by atoms with van der Waals surface area (Å²) in [6.07, 6.45) is 5.36. The van der Waals surface area contributed by atoms with Gasteiger partial charge in [0.25, 0.3) is 0 Å². The van der Waals surface area contributed by atoms with Gasteiger partial charge in [-0.1, -0.05) is 63.4 Å². The predicted octanol–water partition coefficient (Wildman–Crippen LogP) is 5.01. The zero-order chi connectivity index (χ0) is 9.98. The van der Waals surface area contributed by atoms with Crippen LogP contribution < -0.4 is 0 Å². The van der Waals surface area contributed by atoms with Crippen LogP contribution in [-0.2, 0) is 0 Å². The van der Waals surface area contributed by atoms with Crippen LogP contribution in [0.15, 0.2) is 0 Å². The molecule has 0 spiro atoms. The van der Waals surface area contributed by atoms with Crippen molar-refractivity contribution in [1.29, 1.82) is 0 Å². The molecular formula is C11H25Br. The Balaban J connectivity index is 0. The van der Waals surface area contributed by atoms with Gasteiger partial charge in [-0.3, -0.25) is 0 Å². The molecule has 0 aromatic rings. The van der Waals surface area contributed by atoms with Crippen molar-refractivity contribution in [2.75, 3.05) is 0 Å². The van der Waals surface area contributed by atoms with Gasteiger partial charge in [0, 0.05) is 4.83 Å². The van der Waals surface area contributed by atoms with Crippen molar-refractivity contribution < 1.29 is 0 Å². The standard InChI is InChI=1S/C9H19Br.C2H6/c1-4-9(10)7-5-6-8(2)3;1-2/h8-9H,4-7H2,1-3H3;1-2H3. The maximum absolute atomic E-state index is 3.63. The van der Waals surface area contributed by atoms with E-state index in [9.17, 15) is 0 Å². The Morgan fingerprint density at radius 2 is 1.58 bits per heavy atom. The highest BCUT2D eigenvalue weighted by Crippen LogP contribution is 2.15. The quantitative estimate of drug-likeness (QED) is 0.589. The van der Waals surface area contributed by atoms with Crippen molar-refractivity contribution in [2.24, 2.45) is 5.92 Å². The van der Waals surface area contributed by atoms with Crippen LogP contribution >= 0.6 is 15.9 Å². The predicted molar refractivity (Wildman–Crippen MR) is 63.0 cm³/mol. The second kappa shape index (κ2) is 11.5. The van der Waals surface area contributed by atoms with Crippen molar-refractivity contribution in [2.45, 2.75) is 65.1 Å². The van der Waals surface area contributed by atoms with E-state index in [2.05, 4.69) is 36.7 Å². The van der Waals surface area contributed by atoms with E-state index in [4.69, 9.17) is 0 Å². The molecule has 0 N–H and O–H groups in total. The summed E-state index contributed by atoms with van der Waals surface area (Å²) in [5, 5.41) is 0. The molecule has 0 radical (unpaired) electrons. The molecule has 0 heterocycles. The van der Waals surface area contributed by atoms with Gasteiger partial charge in [-0.05, 0) is 18.8 Å². The van der Waals surface area contributed by atoms with Crippen LogP contribution in [-0.4, -0.2) is 4.83 Å². The van der Waals surface area contributed by atoms with E-state index in [1.165, 1.54) is 25.7 Å². The fourth-order valence-electron chi connectivity index (χ4n) is 0.952. The lowest BCUT2D eigenvalue weighted by atomic mass is 10.0. The third-order valence-electron chi connectivity index (χ3n) is 1.74. The van der Waals surface area contributed by atoms with Crippen LogP contribution in [0.25, 0.3) is 0 Å². The number of halogens is 1. The number of hydrogen-bond acceptors (Lipinski definition) is 0. The minimum absolute atomic E-state index is 0.756. The van der Waals surface area contributed by atoms with E-state index in [0.29, 0.717) is 0 Å². The Morgan fingerprint density at radius 3 is 1.92 bits per heavy atom. The topological polar surface area (TPSA) is 0 Å². The maximum Gasteiger partial charge on any atom is 0.0143 e. The first-order valence-electron chi connectivity index (χ1n) is 5.30. The van der Waals surface area contributed by atoms with Crippen LogP contribution in [0.1, 0.15) is 60.3 Å². The lowest BCUT2D eigenvalue weighted by Gasteiger charge is -2.07. The number of alkyl halides is 1. The van der Waals surface area contributed by atoms with Gasteiger partial charge in [0.05, 0.1) is 0 Å². The van der Waals surface area contributed by atoms with Crippen LogP contribution in [0.5, 0.6) is 0 Å². The Bertz CT molecular complexity index is 69.4. The lowest BCUT2D eigenvalue weighted by molar-refractivity contribution is 0.531. The number of rotatable bonds is 5. The largest absolute Gasteiger partial charge is 0.0891 e. The lowest BCUT2D eigenvalue weighted by Crippen LogP contribution is -1.96. The first kappa shape index (κ1) is 15.0. The van der Waals surface area contributed by atoms with Gasteiger partial charge in [-0.15, -0.1) is 0 Å². The fraction of sp³-hybridized carbons (Fsp3) is 1.00. The fourth-order valence-corrected chi connectivity index (χ4v) is 1.28. The Hall–Kier alpha value is 0.480. The molecule has 1 heteroatoms. The summed E-state index contributed by atoms with van der Waals surface area (Å²) in [6.45, 7) is 10.8. The van der Waals surface area contributed by atoms with Crippen molar-refractivity contribution in [1.82, 2.24) is 0 Å². The molecule has 1 atom stereocenters. The molecule has 0 nitrogen and oxygen atoms in total. The van der Waals surface area contributed by atoms with Gasteiger partial charge in [0.15, 0.2) is 0 Å². The Morgan fingerprint density at radius 1 is 1.08 bits per heavy atom. The molecule has 0 aliphatic heterocycles. The summed E-state index contributed by atoms with van der Waals surface area (Å²) >= 11 is 3.63. The van der Waals surface area contributed by atoms with E-state index in [1.807, 2.05) is 13.8 Å². The van der Waals surface area contributed by atoms with E-state index in [-0.39, 0.29) is 0 Å². The molecular weight excluding hydrogens is 212 g/mol. The summed E-state index contributed by atoms with van der Waals surface area (Å²) in [5.41, 5.74) is 0. The molecule has 0 bridgehead atoms. The normalized spacial score (nSPS) is 12.2. The monoisotopic (exact) mass is 236 g/mol. The molecule has 0 fully saturated rings. The third-order valence-corrected chi connectivity index (χ3v) is 2.85. The summed E-state index contributed by atoms with van der Waals surface area (Å²) in [7, 11) is 0. The summed E-state index contributed by atoms with van der Waals surface area (Å²) in [4.78, 5) is 0.756. The van der Waals surface area contributed by atoms with Gasteiger partial charge in [-0.25, -0.2) is 0 Å². The first-order chi connectivity index (χ1) is 5.66. The average Bonchev–Trinajstić information content (AvgIpc) is 2.07. The summed E-state index contributed by atoms with van der Waals surface area (Å²) < 4.78 is 0. The minimum atomic E-state index is 0.756. The van der Waals surface area contributed by atoms with E-state index < -0.39 is 0 Å². The molecule has 0 rings (SSSR count). The second-order valence-corrected chi connectivity index (χ2v) is 4.63. The highest BCUT2D eigenvalue weighted by Gasteiger charge is 2.00. The van der Waals surface area contributed by atoms with Crippen LogP contribution in [0.3, 0.4) is 0 Å². The van der Waals surface area contributed by atoms with Crippen molar-refractivity contribution in [3.8, 4) is 0 Å². The molecule has 0 amide bonds. The highest BCUT2D eigenvalue weighted by atomic mass is 79.9. The van der Waals surface area contributed by atoms with Crippen LogP contribution in [0.4, 0.5) is 0 Å². The van der Waals surface area contributed by atoms with Gasteiger partial charge >= 0.3 is 0 Å². The van der Waals surface area contributed by atoms with Gasteiger partial charge in [0.2, 0.25) is 0 Å². The van der Waals surface area contributed by atoms with E-state index in [1.54, 1.807) is 0 Å². The smallest absolute Gasteiger partial charge is 0.0143 e. The first-order valence-corrected chi connectivity index (χ1v) is 6.22. The highest BCUT2D eigenvalue weighted by molar-refractivity contribution is 9.09. The Labute approximate surface area is 87.3 Å². The van der Waals surface area contributed by atoms with Gasteiger partial charge in [0.1, 0.15) is 0 Å². The molecule has 0 saturated carbocycles. The average molecular weight is 237 g/mol. The zero-order valence-corrected chi connectivity index (χ0v) is 10.9. The molecule has 0 aliphatic carbocycles.